The third-order valence-electron chi connectivity index (χ3n) is 2.76. The van der Waals surface area contributed by atoms with Crippen molar-refractivity contribution in [2.75, 3.05) is 0 Å². The fourth-order valence-electron chi connectivity index (χ4n) is 1.81. The van der Waals surface area contributed by atoms with Crippen molar-refractivity contribution in [3.05, 3.63) is 52.5 Å². The summed E-state index contributed by atoms with van der Waals surface area (Å²) in [6.07, 6.45) is 8.00. The van der Waals surface area contributed by atoms with Gasteiger partial charge in [-0.2, -0.15) is 0 Å². The topological polar surface area (TPSA) is 29.9 Å². The predicted molar refractivity (Wildman–Crippen MR) is 82.1 cm³/mol. The van der Waals surface area contributed by atoms with Gasteiger partial charge in [0, 0.05) is 47.9 Å². The number of rotatable bonds is 4. The highest BCUT2D eigenvalue weighted by Crippen LogP contribution is 2.12. The van der Waals surface area contributed by atoms with E-state index in [4.69, 9.17) is 0 Å². The molecule has 0 atom stereocenters. The molecule has 1 N–H and O–H groups in total. The summed E-state index contributed by atoms with van der Waals surface area (Å²) in [6, 6.07) is 4.25. The zero-order valence-electron chi connectivity index (χ0n) is 11.7. The second kappa shape index (κ2) is 5.88. The molecule has 0 radical (unpaired) electrons. The Hall–Kier alpha value is -1.13. The maximum Gasteiger partial charge on any atom is 0.0485 e. The summed E-state index contributed by atoms with van der Waals surface area (Å²) in [5.74, 6) is 0. The van der Waals surface area contributed by atoms with Crippen LogP contribution in [0.4, 0.5) is 0 Å². The van der Waals surface area contributed by atoms with Crippen LogP contribution in [0.3, 0.4) is 0 Å². The minimum Gasteiger partial charge on any atom is -0.350 e. The first kappa shape index (κ1) is 14.3. The van der Waals surface area contributed by atoms with Crippen molar-refractivity contribution in [3.8, 4) is 0 Å². The van der Waals surface area contributed by atoms with Crippen molar-refractivity contribution in [1.82, 2.24) is 14.9 Å². The summed E-state index contributed by atoms with van der Waals surface area (Å²) in [5, 5.41) is 3.49. The van der Waals surface area contributed by atoms with E-state index in [1.165, 1.54) is 11.1 Å². The fraction of sp³-hybridized carbons (Fsp3) is 0.400. The molecule has 4 heteroatoms. The quantitative estimate of drug-likeness (QED) is 0.932. The summed E-state index contributed by atoms with van der Waals surface area (Å²) in [4.78, 5) is 4.18. The van der Waals surface area contributed by atoms with Gasteiger partial charge in [0.15, 0.2) is 0 Å². The van der Waals surface area contributed by atoms with Crippen molar-refractivity contribution in [3.63, 3.8) is 0 Å². The Morgan fingerprint density at radius 3 is 2.74 bits per heavy atom. The summed E-state index contributed by atoms with van der Waals surface area (Å²) in [6.45, 7) is 8.28. The van der Waals surface area contributed by atoms with E-state index in [1.807, 2.05) is 6.20 Å². The monoisotopic (exact) mass is 321 g/mol. The molecule has 2 heterocycles. The van der Waals surface area contributed by atoms with E-state index < -0.39 is 0 Å². The van der Waals surface area contributed by atoms with Gasteiger partial charge in [-0.3, -0.25) is 4.98 Å². The van der Waals surface area contributed by atoms with Crippen LogP contribution in [-0.4, -0.2) is 15.1 Å². The molecular formula is C15H20BrN3. The molecule has 3 nitrogen and oxygen atoms in total. The summed E-state index contributed by atoms with van der Waals surface area (Å²) < 4.78 is 3.20. The van der Waals surface area contributed by atoms with Crippen LogP contribution in [-0.2, 0) is 13.1 Å². The molecule has 0 saturated carbocycles. The van der Waals surface area contributed by atoms with E-state index in [1.54, 1.807) is 6.20 Å². The molecule has 0 aliphatic heterocycles. The van der Waals surface area contributed by atoms with Gasteiger partial charge in [0.05, 0.1) is 0 Å². The standard InChI is InChI=1S/C15H20BrN3/c1-15(2,3)18-8-12-4-5-19(10-12)11-13-6-14(16)9-17-7-13/h4-7,9-10,18H,8,11H2,1-3H3. The van der Waals surface area contributed by atoms with Crippen LogP contribution in [0, 0.1) is 0 Å². The maximum atomic E-state index is 4.18. The van der Waals surface area contributed by atoms with Gasteiger partial charge in [-0.15, -0.1) is 0 Å². The first-order valence-electron chi connectivity index (χ1n) is 6.41. The number of aromatic nitrogens is 2. The van der Waals surface area contributed by atoms with E-state index in [2.05, 4.69) is 76.1 Å². The molecule has 0 spiro atoms. The number of hydrogen-bond donors (Lipinski definition) is 1. The summed E-state index contributed by atoms with van der Waals surface area (Å²) >= 11 is 3.45. The predicted octanol–water partition coefficient (Wildman–Crippen LogP) is 3.58. The summed E-state index contributed by atoms with van der Waals surface area (Å²) in [7, 11) is 0. The Morgan fingerprint density at radius 1 is 1.26 bits per heavy atom. The highest BCUT2D eigenvalue weighted by molar-refractivity contribution is 9.10. The van der Waals surface area contributed by atoms with Gasteiger partial charge in [-0.25, -0.2) is 0 Å². The van der Waals surface area contributed by atoms with E-state index in [0.29, 0.717) is 0 Å². The Balaban J connectivity index is 1.97. The van der Waals surface area contributed by atoms with Gasteiger partial charge in [-0.1, -0.05) is 0 Å². The molecule has 0 unspecified atom stereocenters. The molecule has 2 rings (SSSR count). The molecule has 19 heavy (non-hydrogen) atoms. The fourth-order valence-corrected chi connectivity index (χ4v) is 2.23. The zero-order valence-corrected chi connectivity index (χ0v) is 13.2. The largest absolute Gasteiger partial charge is 0.350 e. The van der Waals surface area contributed by atoms with Crippen LogP contribution in [0.25, 0.3) is 0 Å². The third-order valence-corrected chi connectivity index (χ3v) is 3.19. The zero-order chi connectivity index (χ0) is 13.9. The molecule has 0 amide bonds. The molecular weight excluding hydrogens is 302 g/mol. The van der Waals surface area contributed by atoms with Crippen LogP contribution < -0.4 is 5.32 Å². The van der Waals surface area contributed by atoms with Crippen molar-refractivity contribution in [2.45, 2.75) is 39.4 Å². The van der Waals surface area contributed by atoms with Crippen molar-refractivity contribution >= 4 is 15.9 Å². The number of nitrogens with zero attached hydrogens (tertiary/aromatic N) is 2. The molecule has 0 aliphatic rings. The van der Waals surface area contributed by atoms with E-state index in [-0.39, 0.29) is 5.54 Å². The summed E-state index contributed by atoms with van der Waals surface area (Å²) in [5.41, 5.74) is 2.65. The van der Waals surface area contributed by atoms with E-state index in [9.17, 15) is 0 Å². The minimum absolute atomic E-state index is 0.149. The first-order valence-corrected chi connectivity index (χ1v) is 7.21. The van der Waals surface area contributed by atoms with Crippen LogP contribution in [0.1, 0.15) is 31.9 Å². The van der Waals surface area contributed by atoms with Gasteiger partial charge < -0.3 is 9.88 Å². The van der Waals surface area contributed by atoms with E-state index in [0.717, 1.165) is 17.6 Å². The molecule has 0 aliphatic carbocycles. The smallest absolute Gasteiger partial charge is 0.0485 e. The van der Waals surface area contributed by atoms with Crippen molar-refractivity contribution in [1.29, 1.82) is 0 Å². The van der Waals surface area contributed by atoms with Crippen LogP contribution in [0.15, 0.2) is 41.4 Å². The van der Waals surface area contributed by atoms with Gasteiger partial charge >= 0.3 is 0 Å². The molecule has 0 aromatic carbocycles. The van der Waals surface area contributed by atoms with Gasteiger partial charge in [0.2, 0.25) is 0 Å². The molecule has 0 saturated heterocycles. The minimum atomic E-state index is 0.149. The van der Waals surface area contributed by atoms with Crippen LogP contribution in [0.5, 0.6) is 0 Å². The average Bonchev–Trinajstić information content (AvgIpc) is 2.73. The maximum absolute atomic E-state index is 4.18. The Morgan fingerprint density at radius 2 is 2.05 bits per heavy atom. The molecule has 2 aromatic heterocycles. The molecule has 0 fully saturated rings. The Labute approximate surface area is 123 Å². The lowest BCUT2D eigenvalue weighted by molar-refractivity contribution is 0.424. The van der Waals surface area contributed by atoms with Gasteiger partial charge in [0.25, 0.3) is 0 Å². The van der Waals surface area contributed by atoms with Crippen LogP contribution in [0.2, 0.25) is 0 Å². The average molecular weight is 322 g/mol. The van der Waals surface area contributed by atoms with Gasteiger partial charge in [0.1, 0.15) is 0 Å². The lowest BCUT2D eigenvalue weighted by atomic mass is 10.1. The molecule has 2 aromatic rings. The first-order chi connectivity index (χ1) is 8.92. The van der Waals surface area contributed by atoms with Crippen LogP contribution >= 0.6 is 15.9 Å². The van der Waals surface area contributed by atoms with E-state index >= 15 is 0 Å². The SMILES string of the molecule is CC(C)(C)NCc1ccn(Cc2cncc(Br)c2)c1. The normalized spacial score (nSPS) is 11.8. The number of hydrogen-bond acceptors (Lipinski definition) is 2. The lowest BCUT2D eigenvalue weighted by Crippen LogP contribution is -2.34. The number of halogens is 1. The number of nitrogens with one attached hydrogen (secondary N) is 1. The Bertz CT molecular complexity index is 540. The van der Waals surface area contributed by atoms with Crippen molar-refractivity contribution < 1.29 is 0 Å². The second-order valence-electron chi connectivity index (χ2n) is 5.81. The van der Waals surface area contributed by atoms with Crippen molar-refractivity contribution in [2.24, 2.45) is 0 Å². The second-order valence-corrected chi connectivity index (χ2v) is 6.72. The third kappa shape index (κ3) is 4.80. The lowest BCUT2D eigenvalue weighted by Gasteiger charge is -2.19. The van der Waals surface area contributed by atoms with Gasteiger partial charge in [-0.05, 0) is 60.0 Å². The number of pyridine rings is 1. The molecule has 102 valence electrons. The highest BCUT2D eigenvalue weighted by atomic mass is 79.9. The highest BCUT2D eigenvalue weighted by Gasteiger charge is 2.08. The Kier molecular flexibility index (Phi) is 4.42. The molecule has 0 bridgehead atoms.